The lowest BCUT2D eigenvalue weighted by Crippen LogP contribution is -2.42. The minimum Gasteiger partial charge on any atom is -0.299 e. The van der Waals surface area contributed by atoms with Crippen molar-refractivity contribution in [3.63, 3.8) is 0 Å². The predicted molar refractivity (Wildman–Crippen MR) is 97.3 cm³/mol. The summed E-state index contributed by atoms with van der Waals surface area (Å²) in [6.45, 7) is 7.27. The molecule has 0 saturated carbocycles. The molecule has 0 amide bonds. The Morgan fingerprint density at radius 1 is 0.958 bits per heavy atom. The summed E-state index contributed by atoms with van der Waals surface area (Å²) in [5.41, 5.74) is 6.02. The first-order valence-electron chi connectivity index (χ1n) is 8.99. The monoisotopic (exact) mass is 319 g/mol. The molecule has 1 saturated heterocycles. The van der Waals surface area contributed by atoms with Gasteiger partial charge in [-0.15, -0.1) is 0 Å². The first kappa shape index (κ1) is 15.6. The number of likely N-dealkylation sites (tertiary alicyclic amines) is 1. The second-order valence-corrected chi connectivity index (χ2v) is 7.60. The van der Waals surface area contributed by atoms with Crippen LogP contribution in [-0.2, 0) is 13.0 Å². The van der Waals surface area contributed by atoms with Crippen molar-refractivity contribution in [2.75, 3.05) is 13.1 Å². The summed E-state index contributed by atoms with van der Waals surface area (Å²) >= 11 is 0. The highest BCUT2D eigenvalue weighted by molar-refractivity contribution is 6.06. The molecular weight excluding hydrogens is 294 g/mol. The van der Waals surface area contributed by atoms with Crippen LogP contribution in [-0.4, -0.2) is 23.8 Å². The fourth-order valence-corrected chi connectivity index (χ4v) is 4.48. The van der Waals surface area contributed by atoms with Gasteiger partial charge in [0.15, 0.2) is 5.78 Å². The number of piperidine rings is 1. The van der Waals surface area contributed by atoms with Crippen molar-refractivity contribution in [2.24, 2.45) is 5.41 Å². The summed E-state index contributed by atoms with van der Waals surface area (Å²) in [5.74, 6) is 0.415. The number of fused-ring (bicyclic) bond motifs is 1. The molecule has 2 aromatic carbocycles. The molecule has 0 N–H and O–H groups in total. The quantitative estimate of drug-likeness (QED) is 0.821. The van der Waals surface area contributed by atoms with Gasteiger partial charge in [-0.25, -0.2) is 0 Å². The summed E-state index contributed by atoms with van der Waals surface area (Å²) < 4.78 is 0. The lowest BCUT2D eigenvalue weighted by atomic mass is 9.75. The van der Waals surface area contributed by atoms with E-state index in [0.29, 0.717) is 5.78 Å². The highest BCUT2D eigenvalue weighted by Crippen LogP contribution is 2.46. The zero-order valence-electron chi connectivity index (χ0n) is 14.6. The number of rotatable bonds is 2. The molecule has 0 radical (unpaired) electrons. The predicted octanol–water partition coefficient (Wildman–Crippen LogP) is 4.32. The zero-order chi connectivity index (χ0) is 16.7. The van der Waals surface area contributed by atoms with Gasteiger partial charge in [0.2, 0.25) is 0 Å². The van der Waals surface area contributed by atoms with Gasteiger partial charge in [0, 0.05) is 17.5 Å². The van der Waals surface area contributed by atoms with Crippen LogP contribution in [0.25, 0.3) is 0 Å². The van der Waals surface area contributed by atoms with Crippen molar-refractivity contribution in [1.82, 2.24) is 4.90 Å². The molecule has 2 aliphatic rings. The molecule has 2 nitrogen and oxygen atoms in total. The lowest BCUT2D eigenvalue weighted by Gasteiger charge is -2.38. The van der Waals surface area contributed by atoms with Gasteiger partial charge in [0.05, 0.1) is 0 Å². The van der Waals surface area contributed by atoms with Crippen LogP contribution < -0.4 is 0 Å². The van der Waals surface area contributed by atoms with E-state index in [-0.39, 0.29) is 5.41 Å². The van der Waals surface area contributed by atoms with Crippen molar-refractivity contribution in [2.45, 2.75) is 39.7 Å². The SMILES string of the molecule is Cc1ccc(C)c2c1CC1(CCN(Cc3ccccc3)CC1)C2=O. The molecule has 1 fully saturated rings. The van der Waals surface area contributed by atoms with Gasteiger partial charge in [0.1, 0.15) is 0 Å². The van der Waals surface area contributed by atoms with Crippen LogP contribution >= 0.6 is 0 Å². The van der Waals surface area contributed by atoms with E-state index in [9.17, 15) is 4.79 Å². The minimum absolute atomic E-state index is 0.133. The van der Waals surface area contributed by atoms with Crippen LogP contribution in [0, 0.1) is 19.3 Å². The van der Waals surface area contributed by atoms with Gasteiger partial charge in [-0.05, 0) is 68.5 Å². The molecule has 2 heteroatoms. The van der Waals surface area contributed by atoms with E-state index in [0.717, 1.165) is 50.0 Å². The van der Waals surface area contributed by atoms with Crippen LogP contribution in [0.5, 0.6) is 0 Å². The number of ketones is 1. The van der Waals surface area contributed by atoms with Gasteiger partial charge in [-0.2, -0.15) is 0 Å². The third-order valence-corrected chi connectivity index (χ3v) is 6.04. The summed E-state index contributed by atoms with van der Waals surface area (Å²) in [6, 6.07) is 14.9. The van der Waals surface area contributed by atoms with E-state index in [2.05, 4.69) is 61.2 Å². The number of aryl methyl sites for hydroxylation is 2. The molecule has 0 unspecified atom stereocenters. The third-order valence-electron chi connectivity index (χ3n) is 6.04. The molecule has 24 heavy (non-hydrogen) atoms. The van der Waals surface area contributed by atoms with E-state index in [4.69, 9.17) is 0 Å². The van der Waals surface area contributed by atoms with E-state index in [1.807, 2.05) is 0 Å². The van der Waals surface area contributed by atoms with Gasteiger partial charge >= 0.3 is 0 Å². The largest absolute Gasteiger partial charge is 0.299 e. The molecule has 0 atom stereocenters. The van der Waals surface area contributed by atoms with Crippen LogP contribution in [0.4, 0.5) is 0 Å². The Balaban J connectivity index is 1.51. The molecule has 2 aromatic rings. The maximum absolute atomic E-state index is 13.2. The minimum atomic E-state index is -0.133. The van der Waals surface area contributed by atoms with Crippen molar-refractivity contribution in [1.29, 1.82) is 0 Å². The number of Topliss-reactive ketones (excluding diaryl/α,β-unsaturated/α-hetero) is 1. The number of carbonyl (C=O) groups excluding carboxylic acids is 1. The van der Waals surface area contributed by atoms with E-state index < -0.39 is 0 Å². The smallest absolute Gasteiger partial charge is 0.169 e. The molecule has 1 aliphatic carbocycles. The Hall–Kier alpha value is -1.93. The fraction of sp³-hybridized carbons (Fsp3) is 0.409. The maximum atomic E-state index is 13.2. The van der Waals surface area contributed by atoms with Gasteiger partial charge in [-0.1, -0.05) is 42.5 Å². The average Bonchev–Trinajstić information content (AvgIpc) is 2.89. The summed E-state index contributed by atoms with van der Waals surface area (Å²) in [5, 5.41) is 0. The zero-order valence-corrected chi connectivity index (χ0v) is 14.6. The Morgan fingerprint density at radius 2 is 1.62 bits per heavy atom. The number of nitrogens with zero attached hydrogens (tertiary/aromatic N) is 1. The molecule has 0 bridgehead atoms. The summed E-state index contributed by atoms with van der Waals surface area (Å²) in [6.07, 6.45) is 2.94. The van der Waals surface area contributed by atoms with Crippen LogP contribution in [0.15, 0.2) is 42.5 Å². The molecule has 1 aliphatic heterocycles. The molecule has 4 rings (SSSR count). The van der Waals surface area contributed by atoms with Gasteiger partial charge in [-0.3, -0.25) is 9.69 Å². The molecule has 0 aromatic heterocycles. The highest BCUT2D eigenvalue weighted by Gasteiger charge is 2.47. The average molecular weight is 319 g/mol. The van der Waals surface area contributed by atoms with Crippen LogP contribution in [0.2, 0.25) is 0 Å². The normalized spacial score (nSPS) is 19.7. The number of hydrogen-bond donors (Lipinski definition) is 0. The molecule has 1 heterocycles. The maximum Gasteiger partial charge on any atom is 0.169 e. The molecular formula is C22H25NO. The highest BCUT2D eigenvalue weighted by atomic mass is 16.1. The van der Waals surface area contributed by atoms with Crippen LogP contribution in [0.1, 0.15) is 45.5 Å². The Kier molecular flexibility index (Phi) is 3.80. The van der Waals surface area contributed by atoms with Gasteiger partial charge in [0.25, 0.3) is 0 Å². The Labute approximate surface area is 144 Å². The van der Waals surface area contributed by atoms with E-state index in [1.54, 1.807) is 0 Å². The fourth-order valence-electron chi connectivity index (χ4n) is 4.48. The Bertz CT molecular complexity index is 770. The third kappa shape index (κ3) is 2.50. The van der Waals surface area contributed by atoms with Crippen molar-refractivity contribution >= 4 is 5.78 Å². The lowest BCUT2D eigenvalue weighted by molar-refractivity contribution is 0.0622. The van der Waals surface area contributed by atoms with Crippen molar-refractivity contribution in [3.05, 3.63) is 70.3 Å². The van der Waals surface area contributed by atoms with E-state index in [1.165, 1.54) is 16.7 Å². The second kappa shape index (κ2) is 5.86. The van der Waals surface area contributed by atoms with E-state index >= 15 is 0 Å². The number of benzene rings is 2. The Morgan fingerprint density at radius 3 is 2.29 bits per heavy atom. The second-order valence-electron chi connectivity index (χ2n) is 7.60. The first-order chi connectivity index (χ1) is 11.6. The topological polar surface area (TPSA) is 20.3 Å². The summed E-state index contributed by atoms with van der Waals surface area (Å²) in [7, 11) is 0. The summed E-state index contributed by atoms with van der Waals surface area (Å²) in [4.78, 5) is 15.7. The van der Waals surface area contributed by atoms with Gasteiger partial charge < -0.3 is 0 Å². The van der Waals surface area contributed by atoms with Crippen LogP contribution in [0.3, 0.4) is 0 Å². The van der Waals surface area contributed by atoms with Crippen molar-refractivity contribution < 1.29 is 4.79 Å². The number of carbonyl (C=O) groups is 1. The molecule has 124 valence electrons. The standard InChI is InChI=1S/C22H25NO/c1-16-8-9-17(2)20-19(16)14-22(21(20)24)10-12-23(13-11-22)15-18-6-4-3-5-7-18/h3-9H,10-15H2,1-2H3. The van der Waals surface area contributed by atoms with Crippen molar-refractivity contribution in [3.8, 4) is 0 Å². The first-order valence-corrected chi connectivity index (χ1v) is 8.99. The molecule has 1 spiro atoms. The number of hydrogen-bond acceptors (Lipinski definition) is 2.